The first-order chi connectivity index (χ1) is 13.2. The number of hydrogen-bond donors (Lipinski definition) is 2. The highest BCUT2D eigenvalue weighted by Gasteiger charge is 2.16. The molecule has 0 unspecified atom stereocenters. The zero-order valence-electron chi connectivity index (χ0n) is 15.2. The summed E-state index contributed by atoms with van der Waals surface area (Å²) in [5, 5.41) is 4.08. The van der Waals surface area contributed by atoms with Gasteiger partial charge in [-0.25, -0.2) is 5.43 Å². The molecule has 2 N–H and O–H groups in total. The molecule has 0 saturated carbocycles. The normalized spacial score (nSPS) is 15.0. The molecule has 0 bridgehead atoms. The number of carbonyl (C=O) groups excluding carboxylic acids is 1. The van der Waals surface area contributed by atoms with E-state index in [1.807, 2.05) is 24.3 Å². The average molecular weight is 433 g/mol. The molecule has 0 spiro atoms. The van der Waals surface area contributed by atoms with Gasteiger partial charge in [-0.05, 0) is 42.0 Å². The van der Waals surface area contributed by atoms with E-state index in [0.717, 1.165) is 54.2 Å². The molecular formula is C20H23BrN3O3+. The molecule has 0 atom stereocenters. The molecule has 7 heteroatoms. The monoisotopic (exact) mass is 432 g/mol. The van der Waals surface area contributed by atoms with Crippen LogP contribution in [0.25, 0.3) is 0 Å². The van der Waals surface area contributed by atoms with Crippen molar-refractivity contribution in [3.05, 3.63) is 63.6 Å². The number of rotatable bonds is 6. The van der Waals surface area contributed by atoms with Crippen LogP contribution in [0.2, 0.25) is 0 Å². The Labute approximate surface area is 167 Å². The van der Waals surface area contributed by atoms with Gasteiger partial charge in [0, 0.05) is 15.6 Å². The van der Waals surface area contributed by atoms with Crippen molar-refractivity contribution in [3.63, 3.8) is 0 Å². The maximum Gasteiger partial charge on any atom is 0.271 e. The Bertz CT molecular complexity index is 820. The van der Waals surface area contributed by atoms with E-state index in [1.165, 1.54) is 4.90 Å². The number of ether oxygens (including phenoxy) is 2. The molecule has 2 aromatic rings. The Morgan fingerprint density at radius 3 is 2.85 bits per heavy atom. The quantitative estimate of drug-likeness (QED) is 0.538. The maximum atomic E-state index is 12.1. The lowest BCUT2D eigenvalue weighted by molar-refractivity contribution is -0.921. The van der Waals surface area contributed by atoms with E-state index in [4.69, 9.17) is 9.47 Å². The minimum Gasteiger partial charge on any atom is -0.496 e. The molecule has 0 radical (unpaired) electrons. The molecule has 1 amide bonds. The molecule has 0 aliphatic carbocycles. The number of hydrogen-bond acceptors (Lipinski definition) is 4. The summed E-state index contributed by atoms with van der Waals surface area (Å²) in [5.41, 5.74) is 5.14. The van der Waals surface area contributed by atoms with Crippen LogP contribution in [-0.2, 0) is 11.3 Å². The van der Waals surface area contributed by atoms with Crippen molar-refractivity contribution in [2.24, 2.45) is 5.10 Å². The molecule has 1 heterocycles. The lowest BCUT2D eigenvalue weighted by Gasteiger charge is -2.24. The van der Waals surface area contributed by atoms with Crippen molar-refractivity contribution in [1.82, 2.24) is 5.43 Å². The highest BCUT2D eigenvalue weighted by molar-refractivity contribution is 9.10. The molecule has 142 valence electrons. The highest BCUT2D eigenvalue weighted by atomic mass is 79.9. The third-order valence-electron chi connectivity index (χ3n) is 4.41. The fourth-order valence-corrected chi connectivity index (χ4v) is 3.38. The first-order valence-corrected chi connectivity index (χ1v) is 9.62. The molecule has 2 aromatic carbocycles. The summed E-state index contributed by atoms with van der Waals surface area (Å²) in [6.45, 7) is 4.44. The summed E-state index contributed by atoms with van der Waals surface area (Å²) in [7, 11) is 1.68. The van der Waals surface area contributed by atoms with Crippen LogP contribution in [0.3, 0.4) is 0 Å². The molecular weight excluding hydrogens is 410 g/mol. The summed E-state index contributed by atoms with van der Waals surface area (Å²) >= 11 is 3.36. The Hall–Kier alpha value is -2.22. The minimum absolute atomic E-state index is 0.251. The molecule has 6 nitrogen and oxygen atoms in total. The standard InChI is InChI=1S/C20H22BrN3O3/c1-26-19-6-5-15(11-17(19)14-24-7-9-27-10-8-24)13-22-23-20(25)16-3-2-4-18(21)12-16/h2-6,11-13H,7-10,14H2,1H3,(H,23,25)/p+1/b22-13-. The van der Waals surface area contributed by atoms with Crippen molar-refractivity contribution in [3.8, 4) is 5.75 Å². The molecule has 1 aliphatic rings. The molecule has 3 rings (SSSR count). The second-order valence-corrected chi connectivity index (χ2v) is 7.24. The number of benzene rings is 2. The topological polar surface area (TPSA) is 64.4 Å². The lowest BCUT2D eigenvalue weighted by atomic mass is 10.1. The fraction of sp³-hybridized carbons (Fsp3) is 0.300. The zero-order chi connectivity index (χ0) is 19.1. The van der Waals surface area contributed by atoms with Crippen molar-refractivity contribution in [2.75, 3.05) is 33.4 Å². The third kappa shape index (κ3) is 5.63. The van der Waals surface area contributed by atoms with E-state index in [0.29, 0.717) is 5.56 Å². The molecule has 1 aliphatic heterocycles. The van der Waals surface area contributed by atoms with Crippen LogP contribution in [0.1, 0.15) is 21.5 Å². The van der Waals surface area contributed by atoms with Gasteiger partial charge < -0.3 is 14.4 Å². The lowest BCUT2D eigenvalue weighted by Crippen LogP contribution is -3.12. The van der Waals surface area contributed by atoms with Gasteiger partial charge in [0.25, 0.3) is 5.91 Å². The number of morpholine rings is 1. The van der Waals surface area contributed by atoms with Gasteiger partial charge in [0.05, 0.1) is 26.5 Å². The van der Waals surface area contributed by atoms with Crippen LogP contribution in [0.5, 0.6) is 5.75 Å². The Morgan fingerprint density at radius 1 is 1.30 bits per heavy atom. The second-order valence-electron chi connectivity index (χ2n) is 6.32. The zero-order valence-corrected chi connectivity index (χ0v) is 16.8. The number of hydrazone groups is 1. The van der Waals surface area contributed by atoms with E-state index >= 15 is 0 Å². The maximum absolute atomic E-state index is 12.1. The van der Waals surface area contributed by atoms with Crippen molar-refractivity contribution in [1.29, 1.82) is 0 Å². The van der Waals surface area contributed by atoms with Gasteiger partial charge in [0.2, 0.25) is 0 Å². The van der Waals surface area contributed by atoms with E-state index in [2.05, 4.69) is 32.5 Å². The SMILES string of the molecule is COc1ccc(/C=N\NC(=O)c2cccc(Br)c2)cc1C[NH+]1CCOCC1. The second kappa shape index (κ2) is 9.64. The van der Waals surface area contributed by atoms with Crippen LogP contribution < -0.4 is 15.1 Å². The summed E-state index contributed by atoms with van der Waals surface area (Å²) < 4.78 is 11.8. The van der Waals surface area contributed by atoms with Crippen molar-refractivity contribution in [2.45, 2.75) is 6.54 Å². The first kappa shape index (κ1) is 19.5. The predicted molar refractivity (Wildman–Crippen MR) is 107 cm³/mol. The highest BCUT2D eigenvalue weighted by Crippen LogP contribution is 2.18. The summed E-state index contributed by atoms with van der Waals surface area (Å²) in [6.07, 6.45) is 1.65. The number of nitrogens with one attached hydrogen (secondary N) is 2. The predicted octanol–water partition coefficient (Wildman–Crippen LogP) is 1.64. The van der Waals surface area contributed by atoms with E-state index in [-0.39, 0.29) is 5.91 Å². The Balaban J connectivity index is 1.66. The Kier molecular flexibility index (Phi) is 6.98. The van der Waals surface area contributed by atoms with Gasteiger partial charge in [0.15, 0.2) is 0 Å². The molecule has 1 fully saturated rings. The molecule has 0 aromatic heterocycles. The van der Waals surface area contributed by atoms with Crippen molar-refractivity contribution >= 4 is 28.1 Å². The van der Waals surface area contributed by atoms with Crippen LogP contribution in [-0.4, -0.2) is 45.5 Å². The van der Waals surface area contributed by atoms with Gasteiger partial charge in [-0.15, -0.1) is 0 Å². The van der Waals surface area contributed by atoms with Crippen LogP contribution in [0, 0.1) is 0 Å². The van der Waals surface area contributed by atoms with Gasteiger partial charge in [-0.3, -0.25) is 4.79 Å². The molecule has 1 saturated heterocycles. The summed E-state index contributed by atoms with van der Waals surface area (Å²) in [6, 6.07) is 13.1. The first-order valence-electron chi connectivity index (χ1n) is 8.83. The fourth-order valence-electron chi connectivity index (χ4n) is 2.98. The number of carbonyl (C=O) groups is 1. The Morgan fingerprint density at radius 2 is 2.11 bits per heavy atom. The van der Waals surface area contributed by atoms with E-state index < -0.39 is 0 Å². The number of amides is 1. The van der Waals surface area contributed by atoms with Gasteiger partial charge in [0.1, 0.15) is 25.4 Å². The average Bonchev–Trinajstić information content (AvgIpc) is 2.69. The third-order valence-corrected chi connectivity index (χ3v) is 4.90. The number of methoxy groups -OCH3 is 1. The summed E-state index contributed by atoms with van der Waals surface area (Å²) in [5.74, 6) is 0.614. The van der Waals surface area contributed by atoms with Gasteiger partial charge in [-0.1, -0.05) is 22.0 Å². The minimum atomic E-state index is -0.251. The van der Waals surface area contributed by atoms with Gasteiger partial charge in [-0.2, -0.15) is 5.10 Å². The number of nitrogens with zero attached hydrogens (tertiary/aromatic N) is 1. The smallest absolute Gasteiger partial charge is 0.271 e. The number of quaternary nitrogens is 1. The molecule has 27 heavy (non-hydrogen) atoms. The van der Waals surface area contributed by atoms with Crippen LogP contribution in [0.15, 0.2) is 52.0 Å². The van der Waals surface area contributed by atoms with Crippen molar-refractivity contribution < 1.29 is 19.2 Å². The van der Waals surface area contributed by atoms with E-state index in [1.54, 1.807) is 25.5 Å². The largest absolute Gasteiger partial charge is 0.496 e. The van der Waals surface area contributed by atoms with Crippen LogP contribution in [0.4, 0.5) is 0 Å². The van der Waals surface area contributed by atoms with E-state index in [9.17, 15) is 4.79 Å². The number of halogens is 1. The van der Waals surface area contributed by atoms with Crippen LogP contribution >= 0.6 is 15.9 Å². The van der Waals surface area contributed by atoms with Gasteiger partial charge >= 0.3 is 0 Å². The summed E-state index contributed by atoms with van der Waals surface area (Å²) in [4.78, 5) is 13.6.